The number of amidine groups is 1. The molecule has 0 radical (unpaired) electrons. The van der Waals surface area contributed by atoms with Gasteiger partial charge in [-0.1, -0.05) is 0 Å². The third kappa shape index (κ3) is 1.66. The van der Waals surface area contributed by atoms with Crippen molar-refractivity contribution in [1.82, 2.24) is 5.32 Å². The minimum Gasteiger partial charge on any atom is -0.385 e. The molecule has 0 aromatic rings. The number of hydrogen-bond donors (Lipinski definition) is 2. The van der Waals surface area contributed by atoms with E-state index in [2.05, 4.69) is 25.5 Å². The third-order valence-electron chi connectivity index (χ3n) is 1.51. The van der Waals surface area contributed by atoms with Gasteiger partial charge in [-0.3, -0.25) is 0 Å². The Hall–Kier alpha value is -0.0900. The molecular formula is C5H10BrN3. The molecule has 3 nitrogen and oxygen atoms in total. The zero-order chi connectivity index (χ0) is 6.69. The number of rotatable bonds is 1. The lowest BCUT2D eigenvalue weighted by atomic mass is 10.2. The van der Waals surface area contributed by atoms with Crippen molar-refractivity contribution in [2.24, 2.45) is 9.75 Å². The highest BCUT2D eigenvalue weighted by Gasteiger charge is 2.16. The molecular weight excluding hydrogens is 182 g/mol. The molecule has 1 heterocycles. The molecule has 0 amide bonds. The van der Waals surface area contributed by atoms with Crippen LogP contribution in [0.2, 0.25) is 0 Å². The predicted octanol–water partition coefficient (Wildman–Crippen LogP) is 0.406. The van der Waals surface area contributed by atoms with Gasteiger partial charge in [-0.25, -0.2) is 0 Å². The van der Waals surface area contributed by atoms with Crippen molar-refractivity contribution in [3.05, 3.63) is 0 Å². The van der Waals surface area contributed by atoms with Crippen molar-refractivity contribution in [2.75, 3.05) is 6.54 Å². The lowest BCUT2D eigenvalue weighted by Crippen LogP contribution is -2.36. The van der Waals surface area contributed by atoms with E-state index in [1.807, 2.05) is 0 Å². The van der Waals surface area contributed by atoms with Gasteiger partial charge in [0.2, 0.25) is 0 Å². The van der Waals surface area contributed by atoms with Crippen LogP contribution in [0.5, 0.6) is 0 Å². The van der Waals surface area contributed by atoms with Crippen molar-refractivity contribution in [2.45, 2.75) is 18.9 Å². The highest BCUT2D eigenvalue weighted by molar-refractivity contribution is 9.08. The molecule has 4 heteroatoms. The summed E-state index contributed by atoms with van der Waals surface area (Å²) in [6.07, 6.45) is 2.31. The largest absolute Gasteiger partial charge is 0.385 e. The maximum atomic E-state index is 5.52. The first-order chi connectivity index (χ1) is 4.34. The molecule has 1 saturated heterocycles. The third-order valence-corrected chi connectivity index (χ3v) is 1.92. The molecule has 3 N–H and O–H groups in total. The van der Waals surface area contributed by atoms with E-state index >= 15 is 0 Å². The first-order valence-electron chi connectivity index (χ1n) is 3.02. The topological polar surface area (TPSA) is 50.4 Å². The highest BCUT2D eigenvalue weighted by atomic mass is 79.9. The van der Waals surface area contributed by atoms with Gasteiger partial charge < -0.3 is 11.1 Å². The second-order valence-corrected chi connectivity index (χ2v) is 2.51. The molecule has 1 aliphatic rings. The molecule has 0 aromatic carbocycles. The van der Waals surface area contributed by atoms with E-state index in [0.717, 1.165) is 13.0 Å². The van der Waals surface area contributed by atoms with Crippen LogP contribution in [0.1, 0.15) is 12.8 Å². The number of nitrogens with zero attached hydrogens (tertiary/aromatic N) is 1. The summed E-state index contributed by atoms with van der Waals surface area (Å²) in [5.41, 5.74) is 5.52. The second kappa shape index (κ2) is 3.17. The van der Waals surface area contributed by atoms with Crippen LogP contribution in [0.25, 0.3) is 0 Å². The molecule has 1 rings (SSSR count). The van der Waals surface area contributed by atoms with Gasteiger partial charge in [-0.2, -0.15) is 4.02 Å². The second-order valence-electron chi connectivity index (χ2n) is 2.16. The number of hydrogen-bond acceptors (Lipinski definition) is 2. The van der Waals surface area contributed by atoms with E-state index in [0.29, 0.717) is 11.9 Å². The fourth-order valence-corrected chi connectivity index (χ4v) is 1.24. The molecule has 0 spiro atoms. The summed E-state index contributed by atoms with van der Waals surface area (Å²) in [6, 6.07) is 0.310. The van der Waals surface area contributed by atoms with E-state index in [4.69, 9.17) is 5.73 Å². The van der Waals surface area contributed by atoms with Gasteiger partial charge in [-0.05, 0) is 19.4 Å². The van der Waals surface area contributed by atoms with Gasteiger partial charge in [0.05, 0.1) is 22.2 Å². The summed E-state index contributed by atoms with van der Waals surface area (Å²) in [4.78, 5) is 0. The normalized spacial score (nSPS) is 29.0. The van der Waals surface area contributed by atoms with Crippen LogP contribution in [0.4, 0.5) is 0 Å². The maximum Gasteiger partial charge on any atom is 0.125 e. The summed E-state index contributed by atoms with van der Waals surface area (Å²) in [7, 11) is 0. The molecule has 0 aromatic heterocycles. The van der Waals surface area contributed by atoms with Crippen LogP contribution in [-0.4, -0.2) is 18.4 Å². The van der Waals surface area contributed by atoms with Crippen LogP contribution < -0.4 is 11.1 Å². The first-order valence-corrected chi connectivity index (χ1v) is 3.73. The van der Waals surface area contributed by atoms with E-state index in [1.165, 1.54) is 6.42 Å². The lowest BCUT2D eigenvalue weighted by molar-refractivity contribution is 0.758. The minimum absolute atomic E-state index is 0.310. The Labute approximate surface area is 63.1 Å². The Morgan fingerprint density at radius 3 is 3.00 bits per heavy atom. The molecule has 0 bridgehead atoms. The summed E-state index contributed by atoms with van der Waals surface area (Å²) in [6.45, 7) is 1.06. The zero-order valence-electron chi connectivity index (χ0n) is 5.10. The number of halogens is 1. The van der Waals surface area contributed by atoms with Gasteiger partial charge in [0.15, 0.2) is 0 Å². The molecule has 1 aliphatic heterocycles. The van der Waals surface area contributed by atoms with Gasteiger partial charge in [0.25, 0.3) is 0 Å². The monoisotopic (exact) mass is 191 g/mol. The summed E-state index contributed by atoms with van der Waals surface area (Å²) in [5.74, 6) is 0.660. The molecule has 52 valence electrons. The first kappa shape index (κ1) is 7.02. The Morgan fingerprint density at radius 1 is 1.78 bits per heavy atom. The van der Waals surface area contributed by atoms with Crippen LogP contribution >= 0.6 is 16.1 Å². The van der Waals surface area contributed by atoms with Crippen LogP contribution in [-0.2, 0) is 0 Å². The van der Waals surface area contributed by atoms with Gasteiger partial charge in [0, 0.05) is 0 Å². The van der Waals surface area contributed by atoms with Crippen LogP contribution in [0.3, 0.4) is 0 Å². The van der Waals surface area contributed by atoms with Gasteiger partial charge >= 0.3 is 0 Å². The molecule has 0 aliphatic carbocycles. The van der Waals surface area contributed by atoms with Gasteiger partial charge in [-0.15, -0.1) is 0 Å². The highest BCUT2D eigenvalue weighted by Crippen LogP contribution is 2.05. The standard InChI is InChI=1S/C5H10BrN3/c6-9-5(7)4-2-1-3-8-4/h4,8H,1-3H2,(H2,7,9)/t4-/m0/s1. The average Bonchev–Trinajstić information content (AvgIpc) is 2.37. The van der Waals surface area contributed by atoms with E-state index < -0.39 is 0 Å². The van der Waals surface area contributed by atoms with Crippen molar-refractivity contribution < 1.29 is 0 Å². The molecule has 1 atom stereocenters. The Balaban J connectivity index is 2.42. The molecule has 0 saturated carbocycles. The Kier molecular flexibility index (Phi) is 2.48. The average molecular weight is 192 g/mol. The maximum absolute atomic E-state index is 5.52. The fraction of sp³-hybridized carbons (Fsp3) is 0.800. The van der Waals surface area contributed by atoms with Crippen LogP contribution in [0, 0.1) is 0 Å². The van der Waals surface area contributed by atoms with E-state index in [9.17, 15) is 0 Å². The number of nitrogens with two attached hydrogens (primary N) is 1. The minimum atomic E-state index is 0.310. The SMILES string of the molecule is N/C(=N\Br)[C@@H]1CCCN1. The van der Waals surface area contributed by atoms with Gasteiger partial charge in [0.1, 0.15) is 5.84 Å². The van der Waals surface area contributed by atoms with Crippen molar-refractivity contribution in [1.29, 1.82) is 0 Å². The van der Waals surface area contributed by atoms with Crippen molar-refractivity contribution in [3.8, 4) is 0 Å². The Bertz CT molecular complexity index is 117. The van der Waals surface area contributed by atoms with Crippen molar-refractivity contribution in [3.63, 3.8) is 0 Å². The summed E-state index contributed by atoms with van der Waals surface area (Å²) in [5, 5.41) is 3.22. The lowest BCUT2D eigenvalue weighted by Gasteiger charge is -2.05. The summed E-state index contributed by atoms with van der Waals surface area (Å²) < 4.78 is 3.71. The molecule has 1 fully saturated rings. The number of nitrogens with one attached hydrogen (secondary N) is 1. The van der Waals surface area contributed by atoms with Crippen LogP contribution in [0.15, 0.2) is 4.02 Å². The van der Waals surface area contributed by atoms with E-state index in [1.54, 1.807) is 0 Å². The fourth-order valence-electron chi connectivity index (χ4n) is 0.996. The van der Waals surface area contributed by atoms with E-state index in [-0.39, 0.29) is 0 Å². The summed E-state index contributed by atoms with van der Waals surface area (Å²) >= 11 is 2.95. The zero-order valence-corrected chi connectivity index (χ0v) is 6.69. The Morgan fingerprint density at radius 2 is 2.56 bits per heavy atom. The van der Waals surface area contributed by atoms with Crippen molar-refractivity contribution >= 4 is 22.0 Å². The molecule has 0 unspecified atom stereocenters. The quantitative estimate of drug-likeness (QED) is 0.466. The molecule has 9 heavy (non-hydrogen) atoms. The smallest absolute Gasteiger partial charge is 0.125 e. The predicted molar refractivity (Wildman–Crippen MR) is 41.6 cm³/mol.